The zero-order valence-electron chi connectivity index (χ0n) is 8.58. The molecule has 2 heterocycles. The molecule has 1 unspecified atom stereocenters. The molecule has 1 fully saturated rings. The van der Waals surface area contributed by atoms with Crippen LogP contribution in [0.5, 0.6) is 0 Å². The van der Waals surface area contributed by atoms with Crippen LogP contribution in [0.1, 0.15) is 18.4 Å². The number of hydrogen-bond acceptors (Lipinski definition) is 3. The molecule has 0 spiro atoms. The second-order valence-corrected chi connectivity index (χ2v) is 4.61. The Labute approximate surface area is 98.4 Å². The van der Waals surface area contributed by atoms with Crippen LogP contribution in [0.25, 0.3) is 0 Å². The second kappa shape index (κ2) is 5.58. The van der Waals surface area contributed by atoms with E-state index in [1.54, 1.807) is 0 Å². The number of rotatable bonds is 4. The van der Waals surface area contributed by atoms with Gasteiger partial charge in [-0.2, -0.15) is 0 Å². The summed E-state index contributed by atoms with van der Waals surface area (Å²) in [5.74, 6) is 0. The van der Waals surface area contributed by atoms with Crippen LogP contribution in [0.4, 0.5) is 0 Å². The lowest BCUT2D eigenvalue weighted by atomic mass is 10.2. The summed E-state index contributed by atoms with van der Waals surface area (Å²) in [5.41, 5.74) is 1.12. The van der Waals surface area contributed by atoms with E-state index in [1.807, 2.05) is 18.3 Å². The van der Waals surface area contributed by atoms with Gasteiger partial charge in [0.15, 0.2) is 0 Å². The van der Waals surface area contributed by atoms with E-state index in [-0.39, 0.29) is 0 Å². The van der Waals surface area contributed by atoms with Crippen molar-refractivity contribution < 1.29 is 4.74 Å². The van der Waals surface area contributed by atoms with Crippen molar-refractivity contribution in [3.8, 4) is 0 Å². The Hall–Kier alpha value is -0.450. The third-order valence-electron chi connectivity index (χ3n) is 2.54. The third-order valence-corrected chi connectivity index (χ3v) is 3.01. The smallest absolute Gasteiger partial charge is 0.106 e. The number of nitrogens with one attached hydrogen (secondary N) is 1. The topological polar surface area (TPSA) is 34.1 Å². The first-order valence-corrected chi connectivity index (χ1v) is 6.05. The van der Waals surface area contributed by atoms with E-state index in [1.165, 1.54) is 12.8 Å². The van der Waals surface area contributed by atoms with Crippen LogP contribution in [-0.4, -0.2) is 24.2 Å². The fraction of sp³-hybridized carbons (Fsp3) is 0.545. The molecule has 1 aliphatic rings. The Kier molecular flexibility index (Phi) is 4.11. The predicted molar refractivity (Wildman–Crippen MR) is 62.6 cm³/mol. The monoisotopic (exact) mass is 270 g/mol. The molecule has 0 bridgehead atoms. The summed E-state index contributed by atoms with van der Waals surface area (Å²) in [6.07, 6.45) is 4.35. The number of nitrogens with zero attached hydrogens (tertiary/aromatic N) is 1. The Morgan fingerprint density at radius 1 is 1.53 bits per heavy atom. The van der Waals surface area contributed by atoms with Crippen molar-refractivity contribution in [2.24, 2.45) is 0 Å². The van der Waals surface area contributed by atoms with E-state index in [4.69, 9.17) is 4.74 Å². The van der Waals surface area contributed by atoms with Gasteiger partial charge in [-0.25, -0.2) is 4.98 Å². The number of ether oxygens (including phenoxy) is 1. The Morgan fingerprint density at radius 3 is 3.13 bits per heavy atom. The van der Waals surface area contributed by atoms with Crippen LogP contribution >= 0.6 is 15.9 Å². The number of halogens is 1. The Bertz CT molecular complexity index is 296. The summed E-state index contributed by atoms with van der Waals surface area (Å²) in [6.45, 7) is 2.59. The maximum Gasteiger partial charge on any atom is 0.106 e. The molecular formula is C11H15BrN2O. The summed E-state index contributed by atoms with van der Waals surface area (Å²) >= 11 is 3.31. The van der Waals surface area contributed by atoms with E-state index >= 15 is 0 Å². The van der Waals surface area contributed by atoms with Crippen molar-refractivity contribution in [3.63, 3.8) is 0 Å². The van der Waals surface area contributed by atoms with Crippen molar-refractivity contribution in [2.45, 2.75) is 25.5 Å². The quantitative estimate of drug-likeness (QED) is 0.852. The van der Waals surface area contributed by atoms with Crippen LogP contribution in [0, 0.1) is 0 Å². The van der Waals surface area contributed by atoms with Gasteiger partial charge in [-0.1, -0.05) is 6.07 Å². The van der Waals surface area contributed by atoms with Crippen molar-refractivity contribution in [3.05, 3.63) is 28.5 Å². The highest BCUT2D eigenvalue weighted by Gasteiger charge is 2.13. The van der Waals surface area contributed by atoms with Crippen LogP contribution in [0.2, 0.25) is 0 Å². The average molecular weight is 271 g/mol. The lowest BCUT2D eigenvalue weighted by Crippen LogP contribution is -2.26. The molecule has 0 saturated carbocycles. The van der Waals surface area contributed by atoms with Crippen LogP contribution in [-0.2, 0) is 11.3 Å². The van der Waals surface area contributed by atoms with Gasteiger partial charge in [-0.15, -0.1) is 0 Å². The minimum absolute atomic E-state index is 0.549. The molecule has 82 valence electrons. The zero-order chi connectivity index (χ0) is 10.5. The molecule has 0 amide bonds. The molecule has 0 aliphatic carbocycles. The third kappa shape index (κ3) is 3.55. The number of hydrogen-bond donors (Lipinski definition) is 1. The van der Waals surface area contributed by atoms with Crippen molar-refractivity contribution in [1.29, 1.82) is 0 Å². The maximum absolute atomic E-state index is 5.63. The summed E-state index contributed by atoms with van der Waals surface area (Å²) in [7, 11) is 0. The van der Waals surface area contributed by atoms with Crippen LogP contribution in [0.3, 0.4) is 0 Å². The first-order valence-electron chi connectivity index (χ1n) is 5.26. The maximum atomic E-state index is 5.63. The lowest BCUT2D eigenvalue weighted by molar-refractivity contribution is 0.103. The highest BCUT2D eigenvalue weighted by Crippen LogP contribution is 2.09. The molecule has 0 radical (unpaired) electrons. The predicted octanol–water partition coefficient (Wildman–Crippen LogP) is 2.11. The normalized spacial score (nSPS) is 20.7. The molecule has 3 nitrogen and oxygen atoms in total. The largest absolute Gasteiger partial charge is 0.375 e. The van der Waals surface area contributed by atoms with E-state index in [9.17, 15) is 0 Å². The molecule has 1 atom stereocenters. The van der Waals surface area contributed by atoms with Crippen LogP contribution < -0.4 is 5.32 Å². The molecule has 2 rings (SSSR count). The fourth-order valence-corrected chi connectivity index (χ4v) is 1.94. The van der Waals surface area contributed by atoms with Gasteiger partial charge in [0, 0.05) is 12.2 Å². The molecule has 1 aromatic heterocycles. The standard InChI is InChI=1S/C11H15BrN2O/c12-11-4-3-9(6-14-11)7-15-8-10-2-1-5-13-10/h3-4,6,10,13H,1-2,5,7-8H2. The van der Waals surface area contributed by atoms with E-state index in [0.717, 1.165) is 23.3 Å². The average Bonchev–Trinajstić information content (AvgIpc) is 2.74. The fourth-order valence-electron chi connectivity index (χ4n) is 1.71. The molecule has 0 aromatic carbocycles. The summed E-state index contributed by atoms with van der Waals surface area (Å²) in [4.78, 5) is 4.15. The Morgan fingerprint density at radius 2 is 2.47 bits per heavy atom. The van der Waals surface area contributed by atoms with E-state index < -0.39 is 0 Å². The highest BCUT2D eigenvalue weighted by atomic mass is 79.9. The van der Waals surface area contributed by atoms with Crippen LogP contribution in [0.15, 0.2) is 22.9 Å². The van der Waals surface area contributed by atoms with Gasteiger partial charge in [-0.3, -0.25) is 0 Å². The van der Waals surface area contributed by atoms with Gasteiger partial charge in [0.05, 0.1) is 13.2 Å². The first-order chi connectivity index (χ1) is 7.34. The van der Waals surface area contributed by atoms with Gasteiger partial charge in [0.2, 0.25) is 0 Å². The minimum Gasteiger partial charge on any atom is -0.375 e. The molecular weight excluding hydrogens is 256 g/mol. The van der Waals surface area contributed by atoms with Crippen molar-refractivity contribution >= 4 is 15.9 Å². The molecule has 1 N–H and O–H groups in total. The van der Waals surface area contributed by atoms with Gasteiger partial charge in [0.25, 0.3) is 0 Å². The number of pyridine rings is 1. The van der Waals surface area contributed by atoms with Gasteiger partial charge in [-0.05, 0) is 46.9 Å². The SMILES string of the molecule is Brc1ccc(COCC2CCCN2)cn1. The molecule has 1 saturated heterocycles. The Balaban J connectivity index is 1.71. The minimum atomic E-state index is 0.549. The molecule has 15 heavy (non-hydrogen) atoms. The zero-order valence-corrected chi connectivity index (χ0v) is 10.2. The second-order valence-electron chi connectivity index (χ2n) is 3.80. The van der Waals surface area contributed by atoms with E-state index in [0.29, 0.717) is 12.6 Å². The van der Waals surface area contributed by atoms with Crippen molar-refractivity contribution in [2.75, 3.05) is 13.2 Å². The van der Waals surface area contributed by atoms with Gasteiger partial charge >= 0.3 is 0 Å². The van der Waals surface area contributed by atoms with Gasteiger partial charge < -0.3 is 10.1 Å². The van der Waals surface area contributed by atoms with Gasteiger partial charge in [0.1, 0.15) is 4.60 Å². The molecule has 1 aromatic rings. The summed E-state index contributed by atoms with van der Waals surface area (Å²) in [6, 6.07) is 4.51. The number of aromatic nitrogens is 1. The van der Waals surface area contributed by atoms with E-state index in [2.05, 4.69) is 26.2 Å². The summed E-state index contributed by atoms with van der Waals surface area (Å²) in [5, 5.41) is 3.40. The van der Waals surface area contributed by atoms with Crippen molar-refractivity contribution in [1.82, 2.24) is 10.3 Å². The lowest BCUT2D eigenvalue weighted by Gasteiger charge is -2.10. The molecule has 1 aliphatic heterocycles. The molecule has 4 heteroatoms. The first kappa shape index (κ1) is 11.0. The highest BCUT2D eigenvalue weighted by molar-refractivity contribution is 9.10. The summed E-state index contributed by atoms with van der Waals surface area (Å²) < 4.78 is 6.49.